The van der Waals surface area contributed by atoms with Crippen LogP contribution >= 0.6 is 11.3 Å². The highest BCUT2D eigenvalue weighted by molar-refractivity contribution is 7.20. The first-order valence-corrected chi connectivity index (χ1v) is 9.18. The van der Waals surface area contributed by atoms with Gasteiger partial charge in [-0.2, -0.15) is 0 Å². The minimum absolute atomic E-state index is 0.0436. The summed E-state index contributed by atoms with van der Waals surface area (Å²) in [6, 6.07) is 7.53. The zero-order valence-electron chi connectivity index (χ0n) is 13.8. The molecule has 5 nitrogen and oxygen atoms in total. The second-order valence-corrected chi connectivity index (χ2v) is 7.11. The van der Waals surface area contributed by atoms with Crippen molar-refractivity contribution in [3.63, 3.8) is 0 Å². The number of ether oxygens (including phenoxy) is 1. The summed E-state index contributed by atoms with van der Waals surface area (Å²) in [5.74, 6) is 0.360. The van der Waals surface area contributed by atoms with Gasteiger partial charge in [-0.1, -0.05) is 0 Å². The van der Waals surface area contributed by atoms with E-state index in [9.17, 15) is 9.59 Å². The lowest BCUT2D eigenvalue weighted by atomic mass is 10.0. The van der Waals surface area contributed by atoms with E-state index >= 15 is 0 Å². The Morgan fingerprint density at radius 3 is 3.00 bits per heavy atom. The number of hydrogen-bond donors (Lipinski definition) is 2. The molecule has 0 bridgehead atoms. The number of amides is 1. The third kappa shape index (κ3) is 4.13. The van der Waals surface area contributed by atoms with Crippen LogP contribution in [-0.4, -0.2) is 31.6 Å². The molecule has 0 spiro atoms. The summed E-state index contributed by atoms with van der Waals surface area (Å²) >= 11 is 1.41. The summed E-state index contributed by atoms with van der Waals surface area (Å²) in [6.07, 6.45) is 2.62. The van der Waals surface area contributed by atoms with Gasteiger partial charge in [0.15, 0.2) is 0 Å². The first kappa shape index (κ1) is 16.9. The molecule has 2 aromatic rings. The van der Waals surface area contributed by atoms with Gasteiger partial charge in [0.1, 0.15) is 4.88 Å². The Balaban J connectivity index is 1.62. The summed E-state index contributed by atoms with van der Waals surface area (Å²) in [5.41, 5.74) is 0.769. The second-order valence-electron chi connectivity index (χ2n) is 6.03. The van der Waals surface area contributed by atoms with E-state index in [1.165, 1.54) is 11.3 Å². The molecule has 6 heteroatoms. The topological polar surface area (TPSA) is 67.4 Å². The molecule has 1 aliphatic rings. The lowest BCUT2D eigenvalue weighted by molar-refractivity contribution is -0.116. The van der Waals surface area contributed by atoms with Crippen LogP contribution in [0.4, 0.5) is 5.69 Å². The molecule has 1 aromatic heterocycles. The molecule has 1 atom stereocenters. The molecule has 1 unspecified atom stereocenters. The largest absolute Gasteiger partial charge is 0.462 e. The van der Waals surface area contributed by atoms with Crippen molar-refractivity contribution < 1.29 is 14.3 Å². The molecule has 24 heavy (non-hydrogen) atoms. The van der Waals surface area contributed by atoms with Crippen LogP contribution in [0.25, 0.3) is 10.1 Å². The zero-order chi connectivity index (χ0) is 16.9. The molecule has 0 saturated carbocycles. The minimum Gasteiger partial charge on any atom is -0.462 e. The van der Waals surface area contributed by atoms with Crippen LogP contribution in [0.1, 0.15) is 35.9 Å². The fraction of sp³-hybridized carbons (Fsp3) is 0.444. The fourth-order valence-corrected chi connectivity index (χ4v) is 3.88. The summed E-state index contributed by atoms with van der Waals surface area (Å²) in [4.78, 5) is 24.5. The Bertz CT molecular complexity index is 735. The van der Waals surface area contributed by atoms with Gasteiger partial charge in [0, 0.05) is 16.8 Å². The number of hydrogen-bond acceptors (Lipinski definition) is 5. The van der Waals surface area contributed by atoms with Crippen LogP contribution < -0.4 is 10.6 Å². The van der Waals surface area contributed by atoms with E-state index in [-0.39, 0.29) is 11.9 Å². The molecule has 2 heterocycles. The molecule has 1 aliphatic heterocycles. The van der Waals surface area contributed by atoms with Gasteiger partial charge in [0.25, 0.3) is 0 Å². The molecule has 0 radical (unpaired) electrons. The number of fused-ring (bicyclic) bond motifs is 1. The average molecular weight is 346 g/mol. The molecule has 1 saturated heterocycles. The summed E-state index contributed by atoms with van der Waals surface area (Å²) < 4.78 is 6.04. The summed E-state index contributed by atoms with van der Waals surface area (Å²) in [5, 5.41) is 7.21. The molecular formula is C18H22N2O3S. The zero-order valence-corrected chi connectivity index (χ0v) is 14.6. The van der Waals surface area contributed by atoms with E-state index in [1.807, 2.05) is 24.3 Å². The Morgan fingerprint density at radius 1 is 1.38 bits per heavy atom. The predicted octanol–water partition coefficient (Wildman–Crippen LogP) is 3.41. The molecular weight excluding hydrogens is 324 g/mol. The average Bonchev–Trinajstić information content (AvgIpc) is 3.22. The van der Waals surface area contributed by atoms with E-state index in [0.717, 1.165) is 41.7 Å². The molecule has 2 N–H and O–H groups in total. The van der Waals surface area contributed by atoms with Crippen LogP contribution in [-0.2, 0) is 9.53 Å². The maximum absolute atomic E-state index is 12.1. The van der Waals surface area contributed by atoms with Crippen LogP contribution in [0.2, 0.25) is 0 Å². The number of rotatable bonds is 6. The van der Waals surface area contributed by atoms with Crippen LogP contribution in [0.15, 0.2) is 24.3 Å². The Morgan fingerprint density at radius 2 is 2.25 bits per heavy atom. The fourth-order valence-electron chi connectivity index (χ4n) is 2.94. The van der Waals surface area contributed by atoms with Crippen molar-refractivity contribution in [3.8, 4) is 0 Å². The maximum atomic E-state index is 12.1. The summed E-state index contributed by atoms with van der Waals surface area (Å²) in [6.45, 7) is 4.24. The van der Waals surface area contributed by atoms with Crippen LogP contribution in [0.3, 0.4) is 0 Å². The first-order valence-electron chi connectivity index (χ1n) is 8.37. The standard InChI is InChI=1S/C18H22N2O3S/c1-2-23-18(22)16-10-13-9-14(4-5-15(13)24-16)20-17(21)6-3-12-7-8-19-11-12/h4-5,9-10,12,19H,2-3,6-8,11H2,1H3,(H,20,21). The summed E-state index contributed by atoms with van der Waals surface area (Å²) in [7, 11) is 0. The van der Waals surface area contributed by atoms with Gasteiger partial charge in [-0.05, 0) is 68.4 Å². The maximum Gasteiger partial charge on any atom is 0.348 e. The van der Waals surface area contributed by atoms with Gasteiger partial charge in [0.05, 0.1) is 6.61 Å². The number of nitrogens with one attached hydrogen (secondary N) is 2. The van der Waals surface area contributed by atoms with Crippen molar-refractivity contribution in [1.82, 2.24) is 5.32 Å². The Kier molecular flexibility index (Phi) is 5.48. The molecule has 3 rings (SSSR count). The number of thiophene rings is 1. The van der Waals surface area contributed by atoms with E-state index in [4.69, 9.17) is 4.74 Å². The highest BCUT2D eigenvalue weighted by atomic mass is 32.1. The van der Waals surface area contributed by atoms with Gasteiger partial charge in [-0.25, -0.2) is 4.79 Å². The van der Waals surface area contributed by atoms with Crippen LogP contribution in [0.5, 0.6) is 0 Å². The van der Waals surface area contributed by atoms with Crippen molar-refractivity contribution in [2.45, 2.75) is 26.2 Å². The third-order valence-electron chi connectivity index (χ3n) is 4.22. The molecule has 1 aromatic carbocycles. The predicted molar refractivity (Wildman–Crippen MR) is 96.6 cm³/mol. The molecule has 0 aliphatic carbocycles. The lowest BCUT2D eigenvalue weighted by Gasteiger charge is -2.08. The van der Waals surface area contributed by atoms with Gasteiger partial charge in [0.2, 0.25) is 5.91 Å². The van der Waals surface area contributed by atoms with Crippen molar-refractivity contribution >= 4 is 39.0 Å². The number of benzene rings is 1. The van der Waals surface area contributed by atoms with E-state index in [0.29, 0.717) is 23.8 Å². The van der Waals surface area contributed by atoms with Crippen molar-refractivity contribution in [2.75, 3.05) is 25.0 Å². The first-order chi connectivity index (χ1) is 11.7. The van der Waals surface area contributed by atoms with Crippen molar-refractivity contribution in [3.05, 3.63) is 29.1 Å². The SMILES string of the molecule is CCOC(=O)c1cc2cc(NC(=O)CCC3CCNC3)ccc2s1. The Hall–Kier alpha value is -1.92. The van der Waals surface area contributed by atoms with Gasteiger partial charge in [-0.3, -0.25) is 4.79 Å². The monoisotopic (exact) mass is 346 g/mol. The van der Waals surface area contributed by atoms with Gasteiger partial charge < -0.3 is 15.4 Å². The third-order valence-corrected chi connectivity index (χ3v) is 5.31. The number of carbonyl (C=O) groups is 2. The number of carbonyl (C=O) groups excluding carboxylic acids is 2. The Labute approximate surface area is 145 Å². The van der Waals surface area contributed by atoms with E-state index in [2.05, 4.69) is 10.6 Å². The van der Waals surface area contributed by atoms with Gasteiger partial charge in [-0.15, -0.1) is 11.3 Å². The number of esters is 1. The molecule has 128 valence electrons. The van der Waals surface area contributed by atoms with Crippen LogP contribution in [0, 0.1) is 5.92 Å². The lowest BCUT2D eigenvalue weighted by Crippen LogP contribution is -2.14. The normalized spacial score (nSPS) is 17.1. The quantitative estimate of drug-likeness (QED) is 0.787. The van der Waals surface area contributed by atoms with E-state index in [1.54, 1.807) is 6.92 Å². The number of anilines is 1. The van der Waals surface area contributed by atoms with E-state index < -0.39 is 0 Å². The molecule has 1 fully saturated rings. The van der Waals surface area contributed by atoms with Crippen molar-refractivity contribution in [1.29, 1.82) is 0 Å². The second kappa shape index (κ2) is 7.77. The highest BCUT2D eigenvalue weighted by Gasteiger charge is 2.16. The smallest absolute Gasteiger partial charge is 0.348 e. The molecule has 1 amide bonds. The minimum atomic E-state index is -0.297. The van der Waals surface area contributed by atoms with Gasteiger partial charge >= 0.3 is 5.97 Å². The van der Waals surface area contributed by atoms with Crippen molar-refractivity contribution in [2.24, 2.45) is 5.92 Å². The highest BCUT2D eigenvalue weighted by Crippen LogP contribution is 2.29.